The van der Waals surface area contributed by atoms with E-state index in [2.05, 4.69) is 15.5 Å². The van der Waals surface area contributed by atoms with E-state index >= 15 is 0 Å². The lowest BCUT2D eigenvalue weighted by Gasteiger charge is -2.08. The minimum atomic E-state index is -0.0827. The number of rotatable bonds is 9. The molecule has 0 bridgehead atoms. The lowest BCUT2D eigenvalue weighted by atomic mass is 10.2. The van der Waals surface area contributed by atoms with Crippen molar-refractivity contribution in [1.29, 1.82) is 0 Å². The van der Waals surface area contributed by atoms with Crippen molar-refractivity contribution < 1.29 is 14.1 Å². The van der Waals surface area contributed by atoms with Crippen molar-refractivity contribution in [2.45, 2.75) is 26.0 Å². The van der Waals surface area contributed by atoms with Gasteiger partial charge in [0.15, 0.2) is 0 Å². The number of aryl methyl sites for hydroxylation is 1. The van der Waals surface area contributed by atoms with E-state index in [9.17, 15) is 4.79 Å². The second-order valence-electron chi connectivity index (χ2n) is 7.21. The third-order valence-electron chi connectivity index (χ3n) is 4.80. The molecule has 0 aliphatic heterocycles. The Morgan fingerprint density at radius 3 is 2.44 bits per heavy atom. The molecular weight excluding hydrogens is 426 g/mol. The molecule has 0 radical (unpaired) electrons. The van der Waals surface area contributed by atoms with Gasteiger partial charge in [0.05, 0.1) is 0 Å². The molecule has 0 atom stereocenters. The number of ether oxygens (including phenoxy) is 1. The van der Waals surface area contributed by atoms with Crippen molar-refractivity contribution in [3.63, 3.8) is 0 Å². The Morgan fingerprint density at radius 1 is 0.938 bits per heavy atom. The van der Waals surface area contributed by atoms with E-state index in [-0.39, 0.29) is 12.3 Å². The van der Waals surface area contributed by atoms with Crippen LogP contribution in [0.3, 0.4) is 0 Å². The predicted octanol–water partition coefficient (Wildman–Crippen LogP) is 5.22. The molecule has 7 heteroatoms. The molecule has 1 aromatic heterocycles. The van der Waals surface area contributed by atoms with Gasteiger partial charge < -0.3 is 14.6 Å². The van der Waals surface area contributed by atoms with Crippen molar-refractivity contribution >= 4 is 17.5 Å². The SMILES string of the molecule is O=C(CCc1nc(-c2ccc(Cl)cc2)no1)NCc1ccc(OCc2ccccc2)cc1. The van der Waals surface area contributed by atoms with Crippen LogP contribution in [0.4, 0.5) is 0 Å². The number of carbonyl (C=O) groups is 1. The second-order valence-corrected chi connectivity index (χ2v) is 7.65. The molecule has 0 saturated heterocycles. The van der Waals surface area contributed by atoms with Crippen LogP contribution in [0.25, 0.3) is 11.4 Å². The molecule has 4 rings (SSSR count). The van der Waals surface area contributed by atoms with Crippen LogP contribution < -0.4 is 10.1 Å². The quantitative estimate of drug-likeness (QED) is 0.380. The van der Waals surface area contributed by atoms with Crippen LogP contribution in [0.2, 0.25) is 5.02 Å². The first kappa shape index (κ1) is 21.6. The van der Waals surface area contributed by atoms with Crippen molar-refractivity contribution in [2.24, 2.45) is 0 Å². The first-order chi connectivity index (χ1) is 15.7. The minimum absolute atomic E-state index is 0.0827. The fourth-order valence-electron chi connectivity index (χ4n) is 3.03. The van der Waals surface area contributed by atoms with Crippen LogP contribution in [0.1, 0.15) is 23.4 Å². The first-order valence-electron chi connectivity index (χ1n) is 10.3. The van der Waals surface area contributed by atoms with Gasteiger partial charge in [-0.25, -0.2) is 0 Å². The molecule has 4 aromatic rings. The normalized spacial score (nSPS) is 10.7. The standard InChI is InChI=1S/C25H22ClN3O3/c26-21-10-8-20(9-11-21)25-28-24(32-29-25)15-14-23(30)27-16-18-6-12-22(13-7-18)31-17-19-4-2-1-3-5-19/h1-13H,14-17H2,(H,27,30). The highest BCUT2D eigenvalue weighted by Gasteiger charge is 2.11. The van der Waals surface area contributed by atoms with Gasteiger partial charge >= 0.3 is 0 Å². The van der Waals surface area contributed by atoms with Gasteiger partial charge in [-0.05, 0) is 47.5 Å². The second kappa shape index (κ2) is 10.6. The van der Waals surface area contributed by atoms with E-state index in [4.69, 9.17) is 20.9 Å². The van der Waals surface area contributed by atoms with Gasteiger partial charge in [0.25, 0.3) is 0 Å². The van der Waals surface area contributed by atoms with E-state index in [0.29, 0.717) is 36.3 Å². The molecule has 0 unspecified atom stereocenters. The number of amides is 1. The van der Waals surface area contributed by atoms with E-state index in [1.54, 1.807) is 12.1 Å². The fourth-order valence-corrected chi connectivity index (χ4v) is 3.15. The molecular formula is C25H22ClN3O3. The van der Waals surface area contributed by atoms with Crippen LogP contribution in [0, 0.1) is 0 Å². The summed E-state index contributed by atoms with van der Waals surface area (Å²) >= 11 is 5.89. The maximum atomic E-state index is 12.2. The van der Waals surface area contributed by atoms with Crippen molar-refractivity contribution in [3.05, 3.63) is 101 Å². The van der Waals surface area contributed by atoms with Gasteiger partial charge in [-0.1, -0.05) is 59.2 Å². The highest BCUT2D eigenvalue weighted by atomic mass is 35.5. The summed E-state index contributed by atoms with van der Waals surface area (Å²) in [5.74, 6) is 1.61. The summed E-state index contributed by atoms with van der Waals surface area (Å²) in [7, 11) is 0. The highest BCUT2D eigenvalue weighted by Crippen LogP contribution is 2.19. The maximum Gasteiger partial charge on any atom is 0.227 e. The Kier molecular flexibility index (Phi) is 7.15. The molecule has 1 heterocycles. The summed E-state index contributed by atoms with van der Waals surface area (Å²) < 4.78 is 11.0. The molecule has 162 valence electrons. The number of hydrogen-bond acceptors (Lipinski definition) is 5. The number of nitrogens with one attached hydrogen (secondary N) is 1. The summed E-state index contributed by atoms with van der Waals surface area (Å²) in [4.78, 5) is 16.5. The number of carbonyl (C=O) groups excluding carboxylic acids is 1. The van der Waals surface area contributed by atoms with E-state index in [1.165, 1.54) is 0 Å². The molecule has 1 amide bonds. The number of halogens is 1. The van der Waals surface area contributed by atoms with E-state index < -0.39 is 0 Å². The van der Waals surface area contributed by atoms with Crippen LogP contribution in [0.5, 0.6) is 5.75 Å². The monoisotopic (exact) mass is 447 g/mol. The number of benzene rings is 3. The van der Waals surface area contributed by atoms with Crippen LogP contribution in [-0.2, 0) is 24.4 Å². The Hall–Kier alpha value is -3.64. The van der Waals surface area contributed by atoms with Crippen molar-refractivity contribution in [2.75, 3.05) is 0 Å². The largest absolute Gasteiger partial charge is 0.489 e. The summed E-state index contributed by atoms with van der Waals surface area (Å²) in [5, 5.41) is 7.51. The third-order valence-corrected chi connectivity index (χ3v) is 5.05. The smallest absolute Gasteiger partial charge is 0.227 e. The molecule has 6 nitrogen and oxygen atoms in total. The van der Waals surface area contributed by atoms with Crippen molar-refractivity contribution in [1.82, 2.24) is 15.5 Å². The van der Waals surface area contributed by atoms with Gasteiger partial charge in [0.1, 0.15) is 12.4 Å². The fraction of sp³-hybridized carbons (Fsp3) is 0.160. The predicted molar refractivity (Wildman–Crippen MR) is 122 cm³/mol. The zero-order valence-corrected chi connectivity index (χ0v) is 18.1. The van der Waals surface area contributed by atoms with Gasteiger partial charge in [-0.15, -0.1) is 0 Å². The Balaban J connectivity index is 1.20. The molecule has 0 aliphatic rings. The third kappa shape index (κ3) is 6.18. The maximum absolute atomic E-state index is 12.2. The molecule has 0 fully saturated rings. The van der Waals surface area contributed by atoms with E-state index in [0.717, 1.165) is 22.4 Å². The Labute approximate surface area is 191 Å². The zero-order chi connectivity index (χ0) is 22.2. The first-order valence-corrected chi connectivity index (χ1v) is 10.6. The summed E-state index contributed by atoms with van der Waals surface area (Å²) in [5.41, 5.74) is 2.92. The summed E-state index contributed by atoms with van der Waals surface area (Å²) in [6.07, 6.45) is 0.638. The molecule has 0 saturated carbocycles. The molecule has 1 N–H and O–H groups in total. The number of aromatic nitrogens is 2. The summed E-state index contributed by atoms with van der Waals surface area (Å²) in [6.45, 7) is 0.962. The summed E-state index contributed by atoms with van der Waals surface area (Å²) in [6, 6.07) is 24.9. The number of nitrogens with zero attached hydrogens (tertiary/aromatic N) is 2. The van der Waals surface area contributed by atoms with Gasteiger partial charge in [-0.3, -0.25) is 4.79 Å². The van der Waals surface area contributed by atoms with E-state index in [1.807, 2.05) is 66.7 Å². The topological polar surface area (TPSA) is 77.2 Å². The minimum Gasteiger partial charge on any atom is -0.489 e. The van der Waals surface area contributed by atoms with Crippen LogP contribution >= 0.6 is 11.6 Å². The number of hydrogen-bond donors (Lipinski definition) is 1. The lowest BCUT2D eigenvalue weighted by Crippen LogP contribution is -2.23. The van der Waals surface area contributed by atoms with Crippen LogP contribution in [-0.4, -0.2) is 16.0 Å². The van der Waals surface area contributed by atoms with Gasteiger partial charge in [0.2, 0.25) is 17.6 Å². The van der Waals surface area contributed by atoms with Gasteiger partial charge in [-0.2, -0.15) is 4.98 Å². The molecule has 3 aromatic carbocycles. The van der Waals surface area contributed by atoms with Gasteiger partial charge in [0, 0.05) is 30.0 Å². The van der Waals surface area contributed by atoms with Crippen LogP contribution in [0.15, 0.2) is 83.4 Å². The average Bonchev–Trinajstić information content (AvgIpc) is 3.31. The lowest BCUT2D eigenvalue weighted by molar-refractivity contribution is -0.121. The average molecular weight is 448 g/mol. The van der Waals surface area contributed by atoms with Crippen molar-refractivity contribution in [3.8, 4) is 17.1 Å². The zero-order valence-electron chi connectivity index (χ0n) is 17.3. The Bertz CT molecular complexity index is 1140. The molecule has 0 spiro atoms. The molecule has 0 aliphatic carbocycles. The highest BCUT2D eigenvalue weighted by molar-refractivity contribution is 6.30. The molecule has 32 heavy (non-hydrogen) atoms. The Morgan fingerprint density at radius 2 is 1.69 bits per heavy atom.